The van der Waals surface area contributed by atoms with Crippen LogP contribution in [0.1, 0.15) is 12.8 Å². The zero-order valence-electron chi connectivity index (χ0n) is 10.8. The number of rotatable bonds is 6. The van der Waals surface area contributed by atoms with Crippen LogP contribution in [-0.2, 0) is 17.9 Å². The molecule has 3 rings (SSSR count). The van der Waals surface area contributed by atoms with Gasteiger partial charge in [-0.05, 0) is 31.0 Å². The second kappa shape index (κ2) is 4.91. The van der Waals surface area contributed by atoms with Crippen molar-refractivity contribution >= 4 is 5.91 Å². The lowest BCUT2D eigenvalue weighted by molar-refractivity contribution is -0.121. The third-order valence-electron chi connectivity index (χ3n) is 3.67. The van der Waals surface area contributed by atoms with E-state index in [9.17, 15) is 4.79 Å². The fraction of sp³-hybridized carbons (Fsp3) is 0.429. The van der Waals surface area contributed by atoms with Crippen molar-refractivity contribution in [1.82, 2.24) is 19.7 Å². The Hall–Kier alpha value is -2.04. The molecule has 1 aliphatic rings. The number of carbonyl (C=O) groups is 1. The van der Waals surface area contributed by atoms with Crippen LogP contribution in [-0.4, -0.2) is 26.8 Å². The molecule has 0 spiro atoms. The van der Waals surface area contributed by atoms with Crippen molar-refractivity contribution in [2.45, 2.75) is 25.9 Å². The summed E-state index contributed by atoms with van der Waals surface area (Å²) in [6.45, 7) is 2.03. The van der Waals surface area contributed by atoms with Crippen molar-refractivity contribution in [2.24, 2.45) is 5.41 Å². The van der Waals surface area contributed by atoms with Crippen molar-refractivity contribution in [3.8, 4) is 0 Å². The summed E-state index contributed by atoms with van der Waals surface area (Å²) in [5.41, 5.74) is 0.221. The molecule has 0 unspecified atom stereocenters. The van der Waals surface area contributed by atoms with E-state index in [0.717, 1.165) is 25.9 Å². The maximum Gasteiger partial charge on any atom is 0.239 e. The first-order valence-corrected chi connectivity index (χ1v) is 6.61. The van der Waals surface area contributed by atoms with Gasteiger partial charge in [-0.2, -0.15) is 5.10 Å². The van der Waals surface area contributed by atoms with Crippen LogP contribution in [0.3, 0.4) is 0 Å². The molecule has 1 amide bonds. The number of carbonyl (C=O) groups excluding carboxylic acids is 1. The molecule has 2 aromatic rings. The first-order valence-electron chi connectivity index (χ1n) is 6.61. The quantitative estimate of drug-likeness (QED) is 0.848. The maximum absolute atomic E-state index is 11.8. The van der Waals surface area contributed by atoms with Crippen LogP contribution in [0.4, 0.5) is 0 Å². The molecule has 100 valence electrons. The van der Waals surface area contributed by atoms with Crippen LogP contribution < -0.4 is 5.32 Å². The van der Waals surface area contributed by atoms with E-state index in [1.165, 1.54) is 0 Å². The van der Waals surface area contributed by atoms with Crippen LogP contribution in [0.2, 0.25) is 0 Å². The second-order valence-electron chi connectivity index (χ2n) is 5.34. The first kappa shape index (κ1) is 12.0. The number of hydrogen-bond acceptors (Lipinski definition) is 2. The van der Waals surface area contributed by atoms with E-state index in [1.807, 2.05) is 46.0 Å². The molecule has 0 aliphatic heterocycles. The molecule has 0 radical (unpaired) electrons. The van der Waals surface area contributed by atoms with Gasteiger partial charge in [-0.1, -0.05) is 0 Å². The minimum Gasteiger partial charge on any atom is -0.354 e. The normalized spacial score (nSPS) is 16.2. The zero-order chi connectivity index (χ0) is 13.1. The average Bonchev–Trinajstić information content (AvgIpc) is 2.84. The number of nitrogens with one attached hydrogen (secondary N) is 1. The van der Waals surface area contributed by atoms with E-state index < -0.39 is 0 Å². The van der Waals surface area contributed by atoms with Gasteiger partial charge in [0.1, 0.15) is 6.54 Å². The fourth-order valence-corrected chi connectivity index (χ4v) is 2.29. The van der Waals surface area contributed by atoms with Crippen molar-refractivity contribution in [1.29, 1.82) is 0 Å². The van der Waals surface area contributed by atoms with Crippen molar-refractivity contribution in [3.63, 3.8) is 0 Å². The van der Waals surface area contributed by atoms with Gasteiger partial charge in [-0.25, -0.2) is 0 Å². The predicted molar refractivity (Wildman–Crippen MR) is 71.3 cm³/mol. The highest BCUT2D eigenvalue weighted by Gasteiger charge is 2.43. The third kappa shape index (κ3) is 3.05. The van der Waals surface area contributed by atoms with Gasteiger partial charge >= 0.3 is 0 Å². The lowest BCUT2D eigenvalue weighted by Gasteiger charge is -2.16. The van der Waals surface area contributed by atoms with Crippen molar-refractivity contribution < 1.29 is 4.79 Å². The van der Waals surface area contributed by atoms with Crippen LogP contribution in [0.5, 0.6) is 0 Å². The highest BCUT2D eigenvalue weighted by molar-refractivity contribution is 5.75. The predicted octanol–water partition coefficient (Wildman–Crippen LogP) is 1.28. The molecular weight excluding hydrogens is 240 g/mol. The van der Waals surface area contributed by atoms with Gasteiger partial charge in [0.25, 0.3) is 0 Å². The number of amides is 1. The summed E-state index contributed by atoms with van der Waals surface area (Å²) >= 11 is 0. The molecule has 0 saturated heterocycles. The van der Waals surface area contributed by atoms with Crippen LogP contribution in [0, 0.1) is 5.41 Å². The highest BCUT2D eigenvalue weighted by atomic mass is 16.1. The molecule has 1 N–H and O–H groups in total. The summed E-state index contributed by atoms with van der Waals surface area (Å²) in [7, 11) is 0. The fourth-order valence-electron chi connectivity index (χ4n) is 2.29. The molecule has 5 heteroatoms. The molecule has 1 fully saturated rings. The molecular formula is C14H18N4O. The molecule has 2 heterocycles. The third-order valence-corrected chi connectivity index (χ3v) is 3.67. The van der Waals surface area contributed by atoms with Crippen molar-refractivity contribution in [2.75, 3.05) is 6.54 Å². The summed E-state index contributed by atoms with van der Waals surface area (Å²) in [6, 6.07) is 5.78. The largest absolute Gasteiger partial charge is 0.354 e. The topological polar surface area (TPSA) is 51.9 Å². The minimum absolute atomic E-state index is 0.0722. The molecule has 0 aromatic carbocycles. The number of nitrogens with zero attached hydrogens (tertiary/aromatic N) is 3. The molecule has 1 aliphatic carbocycles. The van der Waals surface area contributed by atoms with E-state index >= 15 is 0 Å². The number of aromatic nitrogens is 3. The summed E-state index contributed by atoms with van der Waals surface area (Å²) in [5, 5.41) is 7.26. The van der Waals surface area contributed by atoms with Gasteiger partial charge in [-0.15, -0.1) is 0 Å². The first-order chi connectivity index (χ1) is 9.26. The molecule has 0 bridgehead atoms. The molecule has 5 nitrogen and oxygen atoms in total. The van der Waals surface area contributed by atoms with Gasteiger partial charge in [0.15, 0.2) is 0 Å². The van der Waals surface area contributed by atoms with E-state index in [0.29, 0.717) is 6.54 Å². The van der Waals surface area contributed by atoms with Gasteiger partial charge in [-0.3, -0.25) is 9.48 Å². The van der Waals surface area contributed by atoms with E-state index in [1.54, 1.807) is 6.20 Å². The summed E-state index contributed by atoms with van der Waals surface area (Å²) in [6.07, 6.45) is 9.89. The smallest absolute Gasteiger partial charge is 0.239 e. The van der Waals surface area contributed by atoms with Crippen LogP contribution >= 0.6 is 0 Å². The molecule has 0 atom stereocenters. The summed E-state index contributed by atoms with van der Waals surface area (Å²) in [4.78, 5) is 11.8. The highest BCUT2D eigenvalue weighted by Crippen LogP contribution is 2.46. The Bertz CT molecular complexity index is 526. The maximum atomic E-state index is 11.8. The summed E-state index contributed by atoms with van der Waals surface area (Å²) in [5.74, 6) is 0.0722. The van der Waals surface area contributed by atoms with Crippen molar-refractivity contribution in [3.05, 3.63) is 43.0 Å². The molecule has 19 heavy (non-hydrogen) atoms. The Labute approximate surface area is 112 Å². The van der Waals surface area contributed by atoms with Crippen LogP contribution in [0.15, 0.2) is 43.0 Å². The van der Waals surface area contributed by atoms with Gasteiger partial charge < -0.3 is 9.88 Å². The van der Waals surface area contributed by atoms with Gasteiger partial charge in [0.2, 0.25) is 5.91 Å². The Morgan fingerprint density at radius 1 is 1.21 bits per heavy atom. The van der Waals surface area contributed by atoms with Gasteiger partial charge in [0, 0.05) is 43.3 Å². The standard InChI is InChI=1S/C14H18N4O/c19-13(10-17-7-1-2-8-17)15-11-14(4-5-14)12-18-9-3-6-16-18/h1-3,6-9H,4-5,10-12H2,(H,15,19). The number of hydrogen-bond donors (Lipinski definition) is 1. The van der Waals surface area contributed by atoms with E-state index in [2.05, 4.69) is 10.4 Å². The Morgan fingerprint density at radius 3 is 2.63 bits per heavy atom. The Morgan fingerprint density at radius 2 is 2.00 bits per heavy atom. The summed E-state index contributed by atoms with van der Waals surface area (Å²) < 4.78 is 3.83. The zero-order valence-corrected chi connectivity index (χ0v) is 10.8. The Balaban J connectivity index is 1.48. The molecule has 1 saturated carbocycles. The SMILES string of the molecule is O=C(Cn1cccc1)NCC1(Cn2cccn2)CC1. The lowest BCUT2D eigenvalue weighted by atomic mass is 10.1. The van der Waals surface area contributed by atoms with Gasteiger partial charge in [0.05, 0.1) is 0 Å². The Kier molecular flexibility index (Phi) is 3.11. The second-order valence-corrected chi connectivity index (χ2v) is 5.34. The lowest BCUT2D eigenvalue weighted by Crippen LogP contribution is -2.34. The minimum atomic E-state index is 0.0722. The molecule has 2 aromatic heterocycles. The average molecular weight is 258 g/mol. The van der Waals surface area contributed by atoms with E-state index in [4.69, 9.17) is 0 Å². The van der Waals surface area contributed by atoms with E-state index in [-0.39, 0.29) is 11.3 Å². The monoisotopic (exact) mass is 258 g/mol. The van der Waals surface area contributed by atoms with Crippen LogP contribution in [0.25, 0.3) is 0 Å².